The molecule has 0 fully saturated rings. The zero-order valence-electron chi connectivity index (χ0n) is 11.0. The highest BCUT2D eigenvalue weighted by Crippen LogP contribution is 2.07. The second-order valence-electron chi connectivity index (χ2n) is 4.19. The van der Waals surface area contributed by atoms with E-state index >= 15 is 0 Å². The Morgan fingerprint density at radius 2 is 2.17 bits per heavy atom. The first-order valence-corrected chi connectivity index (χ1v) is 6.19. The lowest BCUT2D eigenvalue weighted by Gasteiger charge is -2.16. The number of aliphatic hydroxyl groups excluding tert-OH is 1. The van der Waals surface area contributed by atoms with Gasteiger partial charge in [0, 0.05) is 33.4 Å². The normalized spacial score (nSPS) is 10.2. The van der Waals surface area contributed by atoms with E-state index in [0.717, 1.165) is 25.1 Å². The first kappa shape index (κ1) is 14.4. The van der Waals surface area contributed by atoms with E-state index in [9.17, 15) is 4.79 Å². The van der Waals surface area contributed by atoms with E-state index in [-0.39, 0.29) is 12.5 Å². The monoisotopic (exact) mass is 251 g/mol. The summed E-state index contributed by atoms with van der Waals surface area (Å²) in [4.78, 5) is 17.8. The number of hydrogen-bond donors (Lipinski definition) is 2. The minimum Gasteiger partial charge on any atom is -0.396 e. The standard InChI is InChI=1S/C13H21N3O2/c1-14-12-7-6-11(10-15-12)13(18)16(2)8-4-3-5-9-17/h6-7,10,17H,3-5,8-9H2,1-2H3,(H,14,15). The van der Waals surface area contributed by atoms with Crippen molar-refractivity contribution in [2.24, 2.45) is 0 Å². The number of carbonyl (C=O) groups excluding carboxylic acids is 1. The van der Waals surface area contributed by atoms with Gasteiger partial charge < -0.3 is 15.3 Å². The molecule has 2 N–H and O–H groups in total. The Morgan fingerprint density at radius 1 is 1.39 bits per heavy atom. The van der Waals surface area contributed by atoms with E-state index in [4.69, 9.17) is 5.11 Å². The van der Waals surface area contributed by atoms with Crippen LogP contribution in [0, 0.1) is 0 Å². The van der Waals surface area contributed by atoms with Gasteiger partial charge in [-0.3, -0.25) is 4.79 Å². The molecule has 0 saturated heterocycles. The molecule has 0 bridgehead atoms. The van der Waals surface area contributed by atoms with Crippen molar-refractivity contribution in [3.63, 3.8) is 0 Å². The lowest BCUT2D eigenvalue weighted by atomic mass is 10.2. The van der Waals surface area contributed by atoms with Crippen LogP contribution < -0.4 is 5.32 Å². The van der Waals surface area contributed by atoms with Crippen LogP contribution in [-0.2, 0) is 0 Å². The number of anilines is 1. The van der Waals surface area contributed by atoms with Crippen LogP contribution in [0.25, 0.3) is 0 Å². The number of nitrogens with zero attached hydrogens (tertiary/aromatic N) is 2. The highest BCUT2D eigenvalue weighted by molar-refractivity contribution is 5.93. The Kier molecular flexibility index (Phi) is 6.14. The average Bonchev–Trinajstić information content (AvgIpc) is 2.42. The Balaban J connectivity index is 2.46. The highest BCUT2D eigenvalue weighted by Gasteiger charge is 2.11. The van der Waals surface area contributed by atoms with Gasteiger partial charge in [0.25, 0.3) is 5.91 Å². The Morgan fingerprint density at radius 3 is 2.72 bits per heavy atom. The number of nitrogens with one attached hydrogen (secondary N) is 1. The average molecular weight is 251 g/mol. The van der Waals surface area contributed by atoms with Gasteiger partial charge in [0.1, 0.15) is 5.82 Å². The summed E-state index contributed by atoms with van der Waals surface area (Å²) < 4.78 is 0. The number of aliphatic hydroxyl groups is 1. The van der Waals surface area contributed by atoms with Gasteiger partial charge in [-0.15, -0.1) is 0 Å². The number of hydrogen-bond acceptors (Lipinski definition) is 4. The van der Waals surface area contributed by atoms with Crippen molar-refractivity contribution in [1.82, 2.24) is 9.88 Å². The third-order valence-electron chi connectivity index (χ3n) is 2.76. The van der Waals surface area contributed by atoms with Crippen molar-refractivity contribution in [2.45, 2.75) is 19.3 Å². The summed E-state index contributed by atoms with van der Waals surface area (Å²) in [5.41, 5.74) is 0.596. The predicted octanol–water partition coefficient (Wildman–Crippen LogP) is 1.36. The van der Waals surface area contributed by atoms with Gasteiger partial charge in [-0.1, -0.05) is 0 Å². The Labute approximate surface area is 108 Å². The molecule has 0 aliphatic rings. The lowest BCUT2D eigenvalue weighted by molar-refractivity contribution is 0.0792. The molecular formula is C13H21N3O2. The molecule has 1 amide bonds. The molecule has 18 heavy (non-hydrogen) atoms. The third-order valence-corrected chi connectivity index (χ3v) is 2.76. The summed E-state index contributed by atoms with van der Waals surface area (Å²) in [5.74, 6) is 0.728. The lowest BCUT2D eigenvalue weighted by Crippen LogP contribution is -2.27. The van der Waals surface area contributed by atoms with Crippen molar-refractivity contribution in [1.29, 1.82) is 0 Å². The smallest absolute Gasteiger partial charge is 0.255 e. The zero-order chi connectivity index (χ0) is 13.4. The molecule has 0 aliphatic heterocycles. The number of unbranched alkanes of at least 4 members (excludes halogenated alkanes) is 2. The molecule has 0 unspecified atom stereocenters. The molecule has 0 saturated carbocycles. The summed E-state index contributed by atoms with van der Waals surface area (Å²) in [6.07, 6.45) is 4.22. The van der Waals surface area contributed by atoms with E-state index in [1.165, 1.54) is 0 Å². The van der Waals surface area contributed by atoms with Gasteiger partial charge in [-0.25, -0.2) is 4.98 Å². The van der Waals surface area contributed by atoms with Crippen LogP contribution in [0.15, 0.2) is 18.3 Å². The molecule has 5 nitrogen and oxygen atoms in total. The number of pyridine rings is 1. The molecule has 1 aromatic heterocycles. The van der Waals surface area contributed by atoms with Crippen molar-refractivity contribution in [3.8, 4) is 0 Å². The molecule has 1 rings (SSSR count). The van der Waals surface area contributed by atoms with Crippen LogP contribution in [0.2, 0.25) is 0 Å². The van der Waals surface area contributed by atoms with E-state index in [2.05, 4.69) is 10.3 Å². The molecular weight excluding hydrogens is 230 g/mol. The van der Waals surface area contributed by atoms with E-state index in [1.54, 1.807) is 37.3 Å². The van der Waals surface area contributed by atoms with Gasteiger partial charge in [-0.05, 0) is 31.4 Å². The highest BCUT2D eigenvalue weighted by atomic mass is 16.2. The maximum Gasteiger partial charge on any atom is 0.255 e. The second kappa shape index (κ2) is 7.66. The third kappa shape index (κ3) is 4.33. The number of aromatic nitrogens is 1. The number of amides is 1. The largest absolute Gasteiger partial charge is 0.396 e. The number of carbonyl (C=O) groups is 1. The summed E-state index contributed by atoms with van der Waals surface area (Å²) in [7, 11) is 3.57. The predicted molar refractivity (Wildman–Crippen MR) is 71.7 cm³/mol. The van der Waals surface area contributed by atoms with Crippen molar-refractivity contribution < 1.29 is 9.90 Å². The minimum atomic E-state index is -0.0193. The summed E-state index contributed by atoms with van der Waals surface area (Å²) in [6, 6.07) is 3.55. The maximum atomic E-state index is 12.0. The van der Waals surface area contributed by atoms with Gasteiger partial charge >= 0.3 is 0 Å². The summed E-state index contributed by atoms with van der Waals surface area (Å²) >= 11 is 0. The molecule has 100 valence electrons. The Bertz CT molecular complexity index is 365. The zero-order valence-corrected chi connectivity index (χ0v) is 11.0. The molecule has 1 aromatic rings. The van der Waals surface area contributed by atoms with Crippen molar-refractivity contribution in [3.05, 3.63) is 23.9 Å². The van der Waals surface area contributed by atoms with Crippen LogP contribution >= 0.6 is 0 Å². The van der Waals surface area contributed by atoms with Crippen LogP contribution in [0.4, 0.5) is 5.82 Å². The van der Waals surface area contributed by atoms with Crippen LogP contribution in [-0.4, -0.2) is 48.1 Å². The van der Waals surface area contributed by atoms with Gasteiger partial charge in [0.2, 0.25) is 0 Å². The first-order chi connectivity index (χ1) is 8.69. The van der Waals surface area contributed by atoms with Crippen molar-refractivity contribution in [2.75, 3.05) is 32.6 Å². The molecule has 0 aromatic carbocycles. The minimum absolute atomic E-state index is 0.0193. The molecule has 1 heterocycles. The topological polar surface area (TPSA) is 65.5 Å². The molecule has 0 spiro atoms. The SMILES string of the molecule is CNc1ccc(C(=O)N(C)CCCCCO)cn1. The maximum absolute atomic E-state index is 12.0. The van der Waals surface area contributed by atoms with Gasteiger partial charge in [0.15, 0.2) is 0 Å². The van der Waals surface area contributed by atoms with E-state index in [1.807, 2.05) is 0 Å². The van der Waals surface area contributed by atoms with Crippen LogP contribution in [0.1, 0.15) is 29.6 Å². The fourth-order valence-electron chi connectivity index (χ4n) is 1.63. The van der Waals surface area contributed by atoms with Gasteiger partial charge in [0.05, 0.1) is 5.56 Å². The molecule has 0 aliphatic carbocycles. The first-order valence-electron chi connectivity index (χ1n) is 6.19. The van der Waals surface area contributed by atoms with Crippen molar-refractivity contribution >= 4 is 11.7 Å². The van der Waals surface area contributed by atoms with E-state index in [0.29, 0.717) is 12.1 Å². The fourth-order valence-corrected chi connectivity index (χ4v) is 1.63. The summed E-state index contributed by atoms with van der Waals surface area (Å²) in [5, 5.41) is 11.6. The fraction of sp³-hybridized carbons (Fsp3) is 0.538. The van der Waals surface area contributed by atoms with Crippen LogP contribution in [0.5, 0.6) is 0 Å². The molecule has 0 radical (unpaired) electrons. The van der Waals surface area contributed by atoms with Crippen LogP contribution in [0.3, 0.4) is 0 Å². The Hall–Kier alpha value is -1.62. The molecule has 0 atom stereocenters. The van der Waals surface area contributed by atoms with Gasteiger partial charge in [-0.2, -0.15) is 0 Å². The van der Waals surface area contributed by atoms with E-state index < -0.39 is 0 Å². The quantitative estimate of drug-likeness (QED) is 0.718. The second-order valence-corrected chi connectivity index (χ2v) is 4.19. The summed E-state index contributed by atoms with van der Waals surface area (Å²) in [6.45, 7) is 0.916. The molecule has 5 heteroatoms. The number of rotatable bonds is 7.